The summed E-state index contributed by atoms with van der Waals surface area (Å²) in [5, 5.41) is 0. The molecule has 2 aromatic rings. The van der Waals surface area contributed by atoms with E-state index in [2.05, 4.69) is 30.3 Å². The maximum atomic E-state index is 11.6. The Morgan fingerprint density at radius 1 is 1.30 bits per heavy atom. The zero-order valence-electron chi connectivity index (χ0n) is 13.6. The van der Waals surface area contributed by atoms with Crippen molar-refractivity contribution in [3.05, 3.63) is 65.1 Å². The van der Waals surface area contributed by atoms with E-state index in [0.717, 1.165) is 31.8 Å². The molecule has 0 saturated heterocycles. The summed E-state index contributed by atoms with van der Waals surface area (Å²) in [6.07, 6.45) is 3.37. The highest BCUT2D eigenvalue weighted by atomic mass is 16.5. The van der Waals surface area contributed by atoms with Gasteiger partial charge in [-0.3, -0.25) is 0 Å². The Hall–Kier alpha value is -2.33. The number of hydrogen-bond acceptors (Lipinski definition) is 3. The summed E-state index contributed by atoms with van der Waals surface area (Å²) < 4.78 is 10.5. The topological polar surface area (TPSA) is 43.9 Å². The number of rotatable bonds is 4. The monoisotopic (exact) mass is 312 g/mol. The molecule has 4 nitrogen and oxygen atoms in total. The van der Waals surface area contributed by atoms with E-state index in [9.17, 15) is 4.79 Å². The Morgan fingerprint density at radius 3 is 2.74 bits per heavy atom. The average Bonchev–Trinajstić information content (AvgIpc) is 2.96. The van der Waals surface area contributed by atoms with Gasteiger partial charge in [0.1, 0.15) is 17.9 Å². The van der Waals surface area contributed by atoms with Gasteiger partial charge in [0.25, 0.3) is 0 Å². The summed E-state index contributed by atoms with van der Waals surface area (Å²) >= 11 is 0. The molecule has 2 heterocycles. The minimum absolute atomic E-state index is 0.336. The van der Waals surface area contributed by atoms with Gasteiger partial charge in [-0.1, -0.05) is 30.3 Å². The van der Waals surface area contributed by atoms with E-state index in [0.29, 0.717) is 11.3 Å². The van der Waals surface area contributed by atoms with Crippen LogP contribution in [0, 0.1) is 6.92 Å². The second-order valence-electron chi connectivity index (χ2n) is 5.90. The van der Waals surface area contributed by atoms with E-state index < -0.39 is 0 Å². The molecular formula is C19H22NO3+. The molecule has 1 unspecified atom stereocenters. The number of nitrogens with one attached hydrogen (secondary N) is 1. The number of ether oxygens (including phenoxy) is 1. The molecule has 120 valence electrons. The maximum Gasteiger partial charge on any atom is 0.341 e. The molecular weight excluding hydrogens is 290 g/mol. The van der Waals surface area contributed by atoms with Crippen LogP contribution in [0.15, 0.2) is 46.9 Å². The number of quaternary nitrogens is 1. The van der Waals surface area contributed by atoms with Crippen LogP contribution in [-0.2, 0) is 11.3 Å². The minimum Gasteiger partial charge on any atom is -0.465 e. The number of methoxy groups -OCH3 is 1. The summed E-state index contributed by atoms with van der Waals surface area (Å²) in [7, 11) is 1.39. The molecule has 1 aromatic carbocycles. The molecule has 23 heavy (non-hydrogen) atoms. The molecule has 0 fully saturated rings. The molecule has 1 N–H and O–H groups in total. The smallest absolute Gasteiger partial charge is 0.341 e. The van der Waals surface area contributed by atoms with E-state index in [4.69, 9.17) is 9.15 Å². The van der Waals surface area contributed by atoms with Crippen molar-refractivity contribution in [2.45, 2.75) is 19.9 Å². The van der Waals surface area contributed by atoms with Gasteiger partial charge in [0.05, 0.1) is 20.2 Å². The van der Waals surface area contributed by atoms with Gasteiger partial charge < -0.3 is 14.1 Å². The van der Waals surface area contributed by atoms with Crippen LogP contribution in [-0.4, -0.2) is 26.2 Å². The zero-order chi connectivity index (χ0) is 16.2. The standard InChI is InChI=1S/C19H21NO3/c1-14-18(19(21)22-2)12-17(23-14)13-20-10-8-16(9-11-20)15-6-4-3-5-7-15/h3-8,12H,9-11,13H2,1-2H3/p+1. The Kier molecular flexibility index (Phi) is 4.63. The first kappa shape index (κ1) is 15.6. The number of benzene rings is 1. The lowest BCUT2D eigenvalue weighted by Crippen LogP contribution is -3.11. The number of esters is 1. The highest BCUT2D eigenvalue weighted by Gasteiger charge is 2.21. The van der Waals surface area contributed by atoms with Crippen molar-refractivity contribution in [2.75, 3.05) is 20.2 Å². The fourth-order valence-electron chi connectivity index (χ4n) is 3.05. The third kappa shape index (κ3) is 3.54. The first-order valence-electron chi connectivity index (χ1n) is 7.93. The Morgan fingerprint density at radius 2 is 2.09 bits per heavy atom. The minimum atomic E-state index is -0.336. The van der Waals surface area contributed by atoms with Crippen LogP contribution in [0.4, 0.5) is 0 Å². The number of carbonyl (C=O) groups excluding carboxylic acids is 1. The van der Waals surface area contributed by atoms with Gasteiger partial charge in [0.15, 0.2) is 5.76 Å². The fourth-order valence-corrected chi connectivity index (χ4v) is 3.05. The van der Waals surface area contributed by atoms with E-state index >= 15 is 0 Å². The molecule has 0 radical (unpaired) electrons. The van der Waals surface area contributed by atoms with Gasteiger partial charge in [-0.15, -0.1) is 0 Å². The maximum absolute atomic E-state index is 11.6. The quantitative estimate of drug-likeness (QED) is 0.881. The number of hydrogen-bond donors (Lipinski definition) is 1. The van der Waals surface area contributed by atoms with Crippen LogP contribution in [0.1, 0.15) is 33.9 Å². The van der Waals surface area contributed by atoms with Crippen LogP contribution < -0.4 is 4.90 Å². The number of furan rings is 1. The van der Waals surface area contributed by atoms with Gasteiger partial charge in [0, 0.05) is 12.5 Å². The van der Waals surface area contributed by atoms with Crippen LogP contribution in [0.3, 0.4) is 0 Å². The predicted molar refractivity (Wildman–Crippen MR) is 88.2 cm³/mol. The lowest BCUT2D eigenvalue weighted by Gasteiger charge is -2.22. The molecule has 1 aliphatic heterocycles. The molecule has 0 spiro atoms. The van der Waals surface area contributed by atoms with Crippen molar-refractivity contribution in [3.63, 3.8) is 0 Å². The van der Waals surface area contributed by atoms with E-state index in [1.54, 1.807) is 6.92 Å². The predicted octanol–water partition coefficient (Wildman–Crippen LogP) is 2.25. The van der Waals surface area contributed by atoms with Crippen LogP contribution in [0.5, 0.6) is 0 Å². The molecule has 1 atom stereocenters. The van der Waals surface area contributed by atoms with Crippen molar-refractivity contribution in [1.29, 1.82) is 0 Å². The fraction of sp³-hybridized carbons (Fsp3) is 0.316. The summed E-state index contributed by atoms with van der Waals surface area (Å²) in [4.78, 5) is 13.1. The molecule has 0 amide bonds. The lowest BCUT2D eigenvalue weighted by molar-refractivity contribution is -0.909. The number of carbonyl (C=O) groups is 1. The Balaban J connectivity index is 1.65. The van der Waals surface area contributed by atoms with Crippen molar-refractivity contribution >= 4 is 11.5 Å². The highest BCUT2D eigenvalue weighted by Crippen LogP contribution is 2.18. The Labute approximate surface area is 136 Å². The molecule has 1 aromatic heterocycles. The van der Waals surface area contributed by atoms with Gasteiger partial charge in [0.2, 0.25) is 0 Å². The van der Waals surface area contributed by atoms with Crippen LogP contribution >= 0.6 is 0 Å². The van der Waals surface area contributed by atoms with E-state index in [1.165, 1.54) is 23.1 Å². The zero-order valence-corrected chi connectivity index (χ0v) is 13.6. The summed E-state index contributed by atoms with van der Waals surface area (Å²) in [5.74, 6) is 1.13. The Bertz CT molecular complexity index is 715. The molecule has 0 bridgehead atoms. The van der Waals surface area contributed by atoms with Gasteiger partial charge >= 0.3 is 5.97 Å². The second-order valence-corrected chi connectivity index (χ2v) is 5.90. The summed E-state index contributed by atoms with van der Waals surface area (Å²) in [5.41, 5.74) is 3.26. The van der Waals surface area contributed by atoms with Gasteiger partial charge in [-0.25, -0.2) is 4.79 Å². The second kappa shape index (κ2) is 6.84. The average molecular weight is 312 g/mol. The highest BCUT2D eigenvalue weighted by molar-refractivity contribution is 5.90. The van der Waals surface area contributed by atoms with E-state index in [1.807, 2.05) is 12.1 Å². The summed E-state index contributed by atoms with van der Waals surface area (Å²) in [6.45, 7) is 4.62. The van der Waals surface area contributed by atoms with Gasteiger partial charge in [-0.2, -0.15) is 0 Å². The van der Waals surface area contributed by atoms with Crippen LogP contribution in [0.25, 0.3) is 5.57 Å². The van der Waals surface area contributed by atoms with E-state index in [-0.39, 0.29) is 5.97 Å². The largest absolute Gasteiger partial charge is 0.465 e. The number of aryl methyl sites for hydroxylation is 1. The molecule has 4 heteroatoms. The first-order valence-corrected chi connectivity index (χ1v) is 7.93. The first-order chi connectivity index (χ1) is 11.2. The molecule has 0 saturated carbocycles. The van der Waals surface area contributed by atoms with Crippen molar-refractivity contribution in [2.24, 2.45) is 0 Å². The third-order valence-electron chi connectivity index (χ3n) is 4.33. The summed E-state index contributed by atoms with van der Waals surface area (Å²) in [6, 6.07) is 12.3. The van der Waals surface area contributed by atoms with Gasteiger partial charge in [-0.05, 0) is 24.1 Å². The normalized spacial score (nSPS) is 17.7. The molecule has 3 rings (SSSR count). The van der Waals surface area contributed by atoms with Crippen LogP contribution in [0.2, 0.25) is 0 Å². The lowest BCUT2D eigenvalue weighted by atomic mass is 9.99. The van der Waals surface area contributed by atoms with Crippen molar-refractivity contribution in [1.82, 2.24) is 0 Å². The molecule has 1 aliphatic rings. The SMILES string of the molecule is COC(=O)c1cc(C[NH+]2CC=C(c3ccccc3)CC2)oc1C. The van der Waals surface area contributed by atoms with Crippen molar-refractivity contribution in [3.8, 4) is 0 Å². The third-order valence-corrected chi connectivity index (χ3v) is 4.33. The van der Waals surface area contributed by atoms with Crippen molar-refractivity contribution < 1.29 is 18.8 Å². The molecule has 0 aliphatic carbocycles.